The third kappa shape index (κ3) is 2.00. The highest BCUT2D eigenvalue weighted by Gasteiger charge is 2.16. The zero-order valence-electron chi connectivity index (χ0n) is 10.8. The van der Waals surface area contributed by atoms with Gasteiger partial charge in [0.2, 0.25) is 0 Å². The molecule has 18 heavy (non-hydrogen) atoms. The van der Waals surface area contributed by atoms with Crippen LogP contribution in [0, 0.1) is 11.3 Å². The average molecular weight is 261 g/mol. The minimum absolute atomic E-state index is 0.585. The van der Waals surface area contributed by atoms with E-state index in [1.54, 1.807) is 0 Å². The van der Waals surface area contributed by atoms with Gasteiger partial charge in [-0.3, -0.25) is 0 Å². The molecule has 94 valence electrons. The molecular weight excluding hydrogens is 244 g/mol. The van der Waals surface area contributed by atoms with Gasteiger partial charge in [-0.05, 0) is 18.4 Å². The van der Waals surface area contributed by atoms with Gasteiger partial charge < -0.3 is 4.57 Å². The highest BCUT2D eigenvalue weighted by molar-refractivity contribution is 6.32. The Labute approximate surface area is 113 Å². The minimum atomic E-state index is 0.585. The van der Waals surface area contributed by atoms with Gasteiger partial charge in [-0.1, -0.05) is 50.1 Å². The zero-order valence-corrected chi connectivity index (χ0v) is 11.6. The quantitative estimate of drug-likeness (QED) is 0.794. The summed E-state index contributed by atoms with van der Waals surface area (Å²) in [6.45, 7) is 5.17. The van der Waals surface area contributed by atoms with Gasteiger partial charge in [0.1, 0.15) is 11.2 Å². The molecule has 1 aromatic heterocycles. The van der Waals surface area contributed by atoms with E-state index in [2.05, 4.69) is 30.6 Å². The lowest BCUT2D eigenvalue weighted by molar-refractivity contribution is 0.649. The van der Waals surface area contributed by atoms with Crippen molar-refractivity contribution in [3.05, 3.63) is 34.5 Å². The molecule has 0 radical (unpaired) electrons. The first-order valence-electron chi connectivity index (χ1n) is 6.44. The fraction of sp³-hybridized carbons (Fsp3) is 0.400. The number of fused-ring (bicyclic) bond motifs is 1. The van der Waals surface area contributed by atoms with Crippen LogP contribution in [0.3, 0.4) is 0 Å². The molecule has 0 N–H and O–H groups in total. The molecule has 0 unspecified atom stereocenters. The summed E-state index contributed by atoms with van der Waals surface area (Å²) >= 11 is 6.36. The molecule has 0 aliphatic heterocycles. The molecule has 3 heteroatoms. The van der Waals surface area contributed by atoms with Crippen LogP contribution in [0.1, 0.15) is 37.8 Å². The number of unbranched alkanes of at least 4 members (excludes halogenated alkanes) is 1. The topological polar surface area (TPSA) is 28.7 Å². The number of para-hydroxylation sites is 1. The Bertz CT molecular complexity index is 605. The van der Waals surface area contributed by atoms with Gasteiger partial charge in [0, 0.05) is 11.9 Å². The maximum atomic E-state index is 9.27. The molecule has 0 aliphatic carbocycles. The van der Waals surface area contributed by atoms with Crippen LogP contribution in [-0.2, 0) is 13.0 Å². The predicted octanol–water partition coefficient (Wildman–Crippen LogP) is 4.53. The zero-order chi connectivity index (χ0) is 13.1. The van der Waals surface area contributed by atoms with Gasteiger partial charge >= 0.3 is 0 Å². The van der Waals surface area contributed by atoms with Gasteiger partial charge in [-0.15, -0.1) is 0 Å². The Morgan fingerprint density at radius 2 is 2.11 bits per heavy atom. The third-order valence-electron chi connectivity index (χ3n) is 3.33. The average Bonchev–Trinajstić information content (AvgIpc) is 2.67. The lowest BCUT2D eigenvalue weighted by Crippen LogP contribution is -1.99. The van der Waals surface area contributed by atoms with E-state index >= 15 is 0 Å². The van der Waals surface area contributed by atoms with Crippen LogP contribution in [0.4, 0.5) is 0 Å². The molecule has 0 atom stereocenters. The molecule has 0 amide bonds. The smallest absolute Gasteiger partial charge is 0.128 e. The Morgan fingerprint density at radius 3 is 2.72 bits per heavy atom. The van der Waals surface area contributed by atoms with Crippen LogP contribution in [0.15, 0.2) is 18.2 Å². The number of rotatable bonds is 4. The van der Waals surface area contributed by atoms with E-state index in [1.165, 1.54) is 5.56 Å². The first kappa shape index (κ1) is 13.0. The summed E-state index contributed by atoms with van der Waals surface area (Å²) in [6, 6.07) is 8.34. The first-order valence-corrected chi connectivity index (χ1v) is 6.82. The van der Waals surface area contributed by atoms with Crippen molar-refractivity contribution >= 4 is 22.5 Å². The summed E-state index contributed by atoms with van der Waals surface area (Å²) < 4.78 is 2.10. The summed E-state index contributed by atoms with van der Waals surface area (Å²) in [5, 5.41) is 10.8. The lowest BCUT2D eigenvalue weighted by atomic mass is 10.1. The van der Waals surface area contributed by atoms with E-state index in [9.17, 15) is 5.26 Å². The van der Waals surface area contributed by atoms with E-state index in [1.807, 2.05) is 12.1 Å². The molecule has 1 heterocycles. The molecule has 0 bridgehead atoms. The predicted molar refractivity (Wildman–Crippen MR) is 75.9 cm³/mol. The van der Waals surface area contributed by atoms with Crippen molar-refractivity contribution in [1.29, 1.82) is 5.26 Å². The monoisotopic (exact) mass is 260 g/mol. The second kappa shape index (κ2) is 5.46. The molecule has 0 saturated carbocycles. The molecule has 2 nitrogen and oxygen atoms in total. The van der Waals surface area contributed by atoms with Crippen LogP contribution >= 0.6 is 11.6 Å². The van der Waals surface area contributed by atoms with Crippen molar-refractivity contribution in [2.45, 2.75) is 39.7 Å². The first-order chi connectivity index (χ1) is 8.74. The van der Waals surface area contributed by atoms with Crippen molar-refractivity contribution in [3.8, 4) is 6.07 Å². The number of nitrogens with zero attached hydrogens (tertiary/aromatic N) is 2. The SMILES string of the molecule is CCCCn1c(Cl)c(C#N)c2cccc(CC)c21. The molecule has 0 saturated heterocycles. The Balaban J connectivity index is 2.74. The van der Waals surface area contributed by atoms with Gasteiger partial charge in [0.15, 0.2) is 0 Å². The molecule has 0 spiro atoms. The molecule has 0 aliphatic rings. The van der Waals surface area contributed by atoms with Crippen LogP contribution in [0.25, 0.3) is 10.9 Å². The third-order valence-corrected chi connectivity index (χ3v) is 3.72. The maximum Gasteiger partial charge on any atom is 0.128 e. The molecule has 2 rings (SSSR count). The fourth-order valence-corrected chi connectivity index (χ4v) is 2.69. The number of aromatic nitrogens is 1. The summed E-state index contributed by atoms with van der Waals surface area (Å²) in [5.74, 6) is 0. The highest BCUT2D eigenvalue weighted by atomic mass is 35.5. The maximum absolute atomic E-state index is 9.27. The van der Waals surface area contributed by atoms with E-state index < -0.39 is 0 Å². The van der Waals surface area contributed by atoms with Crippen molar-refractivity contribution in [2.75, 3.05) is 0 Å². The van der Waals surface area contributed by atoms with Crippen LogP contribution in [0.2, 0.25) is 5.15 Å². The van der Waals surface area contributed by atoms with E-state index in [0.717, 1.165) is 36.7 Å². The number of hydrogen-bond acceptors (Lipinski definition) is 1. The standard InChI is InChI=1S/C15H17ClN2/c1-3-5-9-18-14-11(4-2)7-6-8-12(14)13(10-17)15(18)16/h6-8H,3-5,9H2,1-2H3. The summed E-state index contributed by atoms with van der Waals surface area (Å²) in [4.78, 5) is 0. The molecule has 1 aromatic carbocycles. The van der Waals surface area contributed by atoms with Gasteiger partial charge in [0.25, 0.3) is 0 Å². The van der Waals surface area contributed by atoms with Crippen molar-refractivity contribution in [2.24, 2.45) is 0 Å². The van der Waals surface area contributed by atoms with Gasteiger partial charge in [-0.2, -0.15) is 5.26 Å². The number of hydrogen-bond donors (Lipinski definition) is 0. The largest absolute Gasteiger partial charge is 0.330 e. The van der Waals surface area contributed by atoms with Crippen molar-refractivity contribution in [3.63, 3.8) is 0 Å². The number of halogens is 1. The number of nitriles is 1. The second-order valence-electron chi connectivity index (χ2n) is 4.45. The fourth-order valence-electron chi connectivity index (χ4n) is 2.37. The second-order valence-corrected chi connectivity index (χ2v) is 4.81. The van der Waals surface area contributed by atoms with Crippen molar-refractivity contribution < 1.29 is 0 Å². The molecular formula is C15H17ClN2. The van der Waals surface area contributed by atoms with Crippen LogP contribution in [0.5, 0.6) is 0 Å². The number of aryl methyl sites for hydroxylation is 2. The van der Waals surface area contributed by atoms with Crippen molar-refractivity contribution in [1.82, 2.24) is 4.57 Å². The van der Waals surface area contributed by atoms with Crippen LogP contribution in [-0.4, -0.2) is 4.57 Å². The summed E-state index contributed by atoms with van der Waals surface area (Å²) in [6.07, 6.45) is 3.15. The molecule has 0 fully saturated rings. The molecule has 2 aromatic rings. The summed E-state index contributed by atoms with van der Waals surface area (Å²) in [7, 11) is 0. The van der Waals surface area contributed by atoms with Gasteiger partial charge in [0.05, 0.1) is 11.1 Å². The minimum Gasteiger partial charge on any atom is -0.330 e. The van der Waals surface area contributed by atoms with E-state index in [0.29, 0.717) is 10.7 Å². The van der Waals surface area contributed by atoms with Crippen LogP contribution < -0.4 is 0 Å². The Hall–Kier alpha value is -1.46. The Morgan fingerprint density at radius 1 is 1.33 bits per heavy atom. The summed E-state index contributed by atoms with van der Waals surface area (Å²) in [5.41, 5.74) is 3.00. The lowest BCUT2D eigenvalue weighted by Gasteiger charge is -2.09. The Kier molecular flexibility index (Phi) is 3.93. The number of benzene rings is 1. The normalized spacial score (nSPS) is 10.8. The van der Waals surface area contributed by atoms with E-state index in [4.69, 9.17) is 11.6 Å². The van der Waals surface area contributed by atoms with Gasteiger partial charge in [-0.25, -0.2) is 0 Å². The highest BCUT2D eigenvalue weighted by Crippen LogP contribution is 2.32. The van der Waals surface area contributed by atoms with E-state index in [-0.39, 0.29) is 0 Å².